The minimum Gasteiger partial charge on any atom is -0.237 e. The molecule has 0 atom stereocenters. The second-order valence-corrected chi connectivity index (χ2v) is 7.65. The number of hydrogen-bond donors (Lipinski definition) is 1. The number of benzene rings is 2. The molecule has 0 fully saturated rings. The van der Waals surface area contributed by atoms with E-state index < -0.39 is 0 Å². The molecule has 0 saturated carbocycles. The lowest BCUT2D eigenvalue weighted by atomic mass is 9.96. The average molecular weight is 409 g/mol. The number of nitrogens with zero attached hydrogens (tertiary/aromatic N) is 6. The first-order chi connectivity index (χ1) is 15.2. The molecular formula is C24H23N7. The van der Waals surface area contributed by atoms with Gasteiger partial charge in [0.15, 0.2) is 5.65 Å². The summed E-state index contributed by atoms with van der Waals surface area (Å²) < 4.78 is 1.97. The van der Waals surface area contributed by atoms with Crippen LogP contribution in [0.4, 0.5) is 0 Å². The van der Waals surface area contributed by atoms with Gasteiger partial charge in [-0.15, -0.1) is 10.2 Å². The van der Waals surface area contributed by atoms with Gasteiger partial charge >= 0.3 is 0 Å². The number of fused-ring (bicyclic) bond motifs is 1. The van der Waals surface area contributed by atoms with Gasteiger partial charge in [0.05, 0.1) is 5.69 Å². The molecule has 5 rings (SSSR count). The molecule has 0 aliphatic carbocycles. The second kappa shape index (κ2) is 8.10. The van der Waals surface area contributed by atoms with Gasteiger partial charge in [0.2, 0.25) is 5.82 Å². The van der Waals surface area contributed by atoms with Crippen molar-refractivity contribution in [3.8, 4) is 22.5 Å². The van der Waals surface area contributed by atoms with E-state index in [-0.39, 0.29) is 0 Å². The van der Waals surface area contributed by atoms with Crippen molar-refractivity contribution >= 4 is 5.65 Å². The van der Waals surface area contributed by atoms with Gasteiger partial charge in [0, 0.05) is 29.4 Å². The fourth-order valence-electron chi connectivity index (χ4n) is 3.98. The number of H-pyrrole nitrogens is 1. The Morgan fingerprint density at radius 2 is 1.77 bits per heavy atom. The first kappa shape index (κ1) is 19.1. The zero-order valence-electron chi connectivity index (χ0n) is 17.6. The predicted molar refractivity (Wildman–Crippen MR) is 120 cm³/mol. The van der Waals surface area contributed by atoms with E-state index in [1.807, 2.05) is 35.0 Å². The molecule has 0 bridgehead atoms. The Kier molecular flexibility index (Phi) is 5.00. The highest BCUT2D eigenvalue weighted by molar-refractivity contribution is 5.80. The summed E-state index contributed by atoms with van der Waals surface area (Å²) in [7, 11) is 0. The number of aryl methyl sites for hydroxylation is 2. The summed E-state index contributed by atoms with van der Waals surface area (Å²) in [4.78, 5) is 4.62. The van der Waals surface area contributed by atoms with E-state index in [1.54, 1.807) is 0 Å². The van der Waals surface area contributed by atoms with Crippen molar-refractivity contribution in [1.82, 2.24) is 35.2 Å². The number of aromatic amines is 1. The van der Waals surface area contributed by atoms with Gasteiger partial charge in [0.25, 0.3) is 0 Å². The quantitative estimate of drug-likeness (QED) is 0.448. The van der Waals surface area contributed by atoms with Crippen LogP contribution < -0.4 is 0 Å². The van der Waals surface area contributed by atoms with E-state index in [0.717, 1.165) is 53.0 Å². The molecule has 3 aromatic heterocycles. The second-order valence-electron chi connectivity index (χ2n) is 7.65. The van der Waals surface area contributed by atoms with Crippen molar-refractivity contribution in [2.24, 2.45) is 0 Å². The average Bonchev–Trinajstić information content (AvgIpc) is 3.45. The lowest BCUT2D eigenvalue weighted by molar-refractivity contribution is 0.813. The normalized spacial score (nSPS) is 11.3. The van der Waals surface area contributed by atoms with E-state index in [2.05, 4.69) is 69.8 Å². The molecule has 0 aliphatic heterocycles. The minimum absolute atomic E-state index is 0.594. The van der Waals surface area contributed by atoms with Gasteiger partial charge in [-0.1, -0.05) is 61.9 Å². The Hall–Kier alpha value is -3.87. The SMILES string of the molecule is CCCc1nn2c(C)ccnc2c1Cc1ccc(-c2ccccc2-c2nn[nH]n2)cc1. The van der Waals surface area contributed by atoms with Crippen LogP contribution in [0, 0.1) is 6.92 Å². The summed E-state index contributed by atoms with van der Waals surface area (Å²) in [6.07, 6.45) is 4.68. The maximum atomic E-state index is 4.83. The first-order valence-electron chi connectivity index (χ1n) is 10.5. The monoisotopic (exact) mass is 409 g/mol. The van der Waals surface area contributed by atoms with Crippen LogP contribution in [0.25, 0.3) is 28.2 Å². The molecule has 1 N–H and O–H groups in total. The molecule has 2 aromatic carbocycles. The zero-order valence-corrected chi connectivity index (χ0v) is 17.6. The van der Waals surface area contributed by atoms with Crippen LogP contribution in [0.1, 0.15) is 35.9 Å². The molecule has 0 saturated heterocycles. The van der Waals surface area contributed by atoms with Crippen LogP contribution in [0.15, 0.2) is 60.8 Å². The van der Waals surface area contributed by atoms with Crippen molar-refractivity contribution in [2.45, 2.75) is 33.1 Å². The minimum atomic E-state index is 0.594. The highest BCUT2D eigenvalue weighted by Gasteiger charge is 2.15. The van der Waals surface area contributed by atoms with E-state index >= 15 is 0 Å². The molecule has 5 aromatic rings. The van der Waals surface area contributed by atoms with Crippen LogP contribution in [0.2, 0.25) is 0 Å². The lowest BCUT2D eigenvalue weighted by Gasteiger charge is -2.08. The van der Waals surface area contributed by atoms with Crippen molar-refractivity contribution in [3.05, 3.63) is 83.3 Å². The molecule has 7 heteroatoms. The molecule has 0 amide bonds. The highest BCUT2D eigenvalue weighted by Crippen LogP contribution is 2.30. The number of aromatic nitrogens is 7. The number of rotatable bonds is 6. The van der Waals surface area contributed by atoms with Crippen LogP contribution in [0.5, 0.6) is 0 Å². The predicted octanol–water partition coefficient (Wildman–Crippen LogP) is 4.43. The Labute approximate surface area is 180 Å². The third-order valence-electron chi connectivity index (χ3n) is 5.53. The van der Waals surface area contributed by atoms with E-state index in [1.165, 1.54) is 11.1 Å². The molecule has 0 unspecified atom stereocenters. The molecule has 0 radical (unpaired) electrons. The third kappa shape index (κ3) is 3.59. The van der Waals surface area contributed by atoms with Gasteiger partial charge in [-0.25, -0.2) is 9.50 Å². The van der Waals surface area contributed by atoms with Gasteiger partial charge < -0.3 is 0 Å². The third-order valence-corrected chi connectivity index (χ3v) is 5.53. The van der Waals surface area contributed by atoms with Crippen molar-refractivity contribution in [3.63, 3.8) is 0 Å². The fourth-order valence-corrected chi connectivity index (χ4v) is 3.98. The van der Waals surface area contributed by atoms with E-state index in [4.69, 9.17) is 5.10 Å². The van der Waals surface area contributed by atoms with Crippen LogP contribution >= 0.6 is 0 Å². The van der Waals surface area contributed by atoms with Gasteiger partial charge in [0.1, 0.15) is 0 Å². The van der Waals surface area contributed by atoms with Crippen LogP contribution in [-0.4, -0.2) is 35.2 Å². The van der Waals surface area contributed by atoms with Gasteiger partial charge in [-0.2, -0.15) is 10.3 Å². The molecule has 0 aliphatic rings. The summed E-state index contributed by atoms with van der Waals surface area (Å²) in [5.41, 5.74) is 8.79. The summed E-state index contributed by atoms with van der Waals surface area (Å²) >= 11 is 0. The summed E-state index contributed by atoms with van der Waals surface area (Å²) in [6, 6.07) is 18.8. The standard InChI is InChI=1S/C24H23N7/c1-3-6-22-21(24-25-14-13-16(2)31(24)28-22)15-17-9-11-18(12-10-17)19-7-4-5-8-20(19)23-26-29-30-27-23/h4-5,7-14H,3,6,15H2,1-2H3,(H,26,27,29,30). The maximum absolute atomic E-state index is 4.83. The van der Waals surface area contributed by atoms with Gasteiger partial charge in [-0.3, -0.25) is 0 Å². The molecule has 31 heavy (non-hydrogen) atoms. The van der Waals surface area contributed by atoms with Gasteiger partial charge in [-0.05, 0) is 41.3 Å². The molecule has 3 heterocycles. The Morgan fingerprint density at radius 3 is 2.52 bits per heavy atom. The fraction of sp³-hybridized carbons (Fsp3) is 0.208. The zero-order chi connectivity index (χ0) is 21.2. The summed E-state index contributed by atoms with van der Waals surface area (Å²) in [5.74, 6) is 0.594. The van der Waals surface area contributed by atoms with Crippen molar-refractivity contribution < 1.29 is 0 Å². The largest absolute Gasteiger partial charge is 0.237 e. The first-order valence-corrected chi connectivity index (χ1v) is 10.5. The Morgan fingerprint density at radius 1 is 0.968 bits per heavy atom. The molecule has 0 spiro atoms. The summed E-state index contributed by atoms with van der Waals surface area (Å²) in [5, 5.41) is 19.3. The van der Waals surface area contributed by atoms with Crippen molar-refractivity contribution in [1.29, 1.82) is 0 Å². The van der Waals surface area contributed by atoms with E-state index in [0.29, 0.717) is 5.82 Å². The summed E-state index contributed by atoms with van der Waals surface area (Å²) in [6.45, 7) is 4.25. The number of nitrogens with one attached hydrogen (secondary N) is 1. The Bertz CT molecular complexity index is 1320. The molecule has 154 valence electrons. The van der Waals surface area contributed by atoms with Crippen LogP contribution in [0.3, 0.4) is 0 Å². The smallest absolute Gasteiger partial charge is 0.205 e. The highest BCUT2D eigenvalue weighted by atomic mass is 15.5. The molecular weight excluding hydrogens is 386 g/mol. The lowest BCUT2D eigenvalue weighted by Crippen LogP contribution is -1.96. The molecule has 7 nitrogen and oxygen atoms in total. The maximum Gasteiger partial charge on any atom is 0.205 e. The van der Waals surface area contributed by atoms with Crippen LogP contribution in [-0.2, 0) is 12.8 Å². The Balaban J connectivity index is 1.49. The van der Waals surface area contributed by atoms with Crippen molar-refractivity contribution in [2.75, 3.05) is 0 Å². The number of tetrazole rings is 1. The topological polar surface area (TPSA) is 84.6 Å². The number of hydrogen-bond acceptors (Lipinski definition) is 5. The van der Waals surface area contributed by atoms with E-state index in [9.17, 15) is 0 Å².